The zero-order chi connectivity index (χ0) is 15.0. The normalized spacial score (nSPS) is 27.3. The number of carbonyl (C=O) groups is 1. The summed E-state index contributed by atoms with van der Waals surface area (Å²) < 4.78 is 0. The Hall–Kier alpha value is -1.31. The number of benzene rings is 1. The molecule has 0 unspecified atom stereocenters. The topological polar surface area (TPSA) is 37.3 Å². The average Bonchev–Trinajstić information content (AvgIpc) is 2.38. The molecule has 1 aliphatic rings. The lowest BCUT2D eigenvalue weighted by Gasteiger charge is -2.40. The van der Waals surface area contributed by atoms with Crippen LogP contribution in [0.2, 0.25) is 0 Å². The molecule has 1 N–H and O–H groups in total. The minimum absolute atomic E-state index is 0.0492. The van der Waals surface area contributed by atoms with Crippen LogP contribution in [-0.2, 0) is 15.6 Å². The highest BCUT2D eigenvalue weighted by atomic mass is 16.4. The Kier molecular flexibility index (Phi) is 3.95. The molecule has 1 aromatic rings. The number of rotatable bonds is 2. The van der Waals surface area contributed by atoms with Gasteiger partial charge in [-0.05, 0) is 35.3 Å². The quantitative estimate of drug-likeness (QED) is 0.861. The predicted octanol–water partition coefficient (Wildman–Crippen LogP) is 4.52. The van der Waals surface area contributed by atoms with Gasteiger partial charge in [-0.15, -0.1) is 0 Å². The summed E-state index contributed by atoms with van der Waals surface area (Å²) >= 11 is 0. The van der Waals surface area contributed by atoms with E-state index in [-0.39, 0.29) is 11.3 Å². The van der Waals surface area contributed by atoms with Crippen molar-refractivity contribution in [2.75, 3.05) is 0 Å². The monoisotopic (exact) mass is 274 g/mol. The highest BCUT2D eigenvalue weighted by molar-refractivity contribution is 5.82. The molecular weight excluding hydrogens is 248 g/mol. The van der Waals surface area contributed by atoms with E-state index in [4.69, 9.17) is 0 Å². The van der Waals surface area contributed by atoms with Gasteiger partial charge >= 0.3 is 5.97 Å². The van der Waals surface area contributed by atoms with Gasteiger partial charge in [0.1, 0.15) is 0 Å². The van der Waals surface area contributed by atoms with E-state index >= 15 is 0 Å². The van der Waals surface area contributed by atoms with Crippen LogP contribution in [0.15, 0.2) is 24.3 Å². The van der Waals surface area contributed by atoms with Crippen molar-refractivity contribution >= 4 is 5.97 Å². The maximum atomic E-state index is 12.0. The lowest BCUT2D eigenvalue weighted by Crippen LogP contribution is -2.44. The summed E-state index contributed by atoms with van der Waals surface area (Å²) in [7, 11) is 0. The first kappa shape index (κ1) is 15.1. The van der Waals surface area contributed by atoms with Crippen LogP contribution in [0.25, 0.3) is 0 Å². The summed E-state index contributed by atoms with van der Waals surface area (Å²) in [5.41, 5.74) is 1.56. The molecule has 2 atom stereocenters. The van der Waals surface area contributed by atoms with Gasteiger partial charge < -0.3 is 5.11 Å². The molecule has 0 radical (unpaired) electrons. The van der Waals surface area contributed by atoms with Crippen LogP contribution in [0.5, 0.6) is 0 Å². The van der Waals surface area contributed by atoms with Crippen LogP contribution in [0.4, 0.5) is 0 Å². The molecule has 110 valence electrons. The third-order valence-corrected chi connectivity index (χ3v) is 4.92. The minimum Gasteiger partial charge on any atom is -0.481 e. The Morgan fingerprint density at radius 3 is 2.55 bits per heavy atom. The first-order valence-corrected chi connectivity index (χ1v) is 7.63. The third kappa shape index (κ3) is 2.48. The minimum atomic E-state index is -0.695. The highest BCUT2D eigenvalue weighted by Gasteiger charge is 2.46. The number of hydrogen-bond donors (Lipinski definition) is 1. The fourth-order valence-corrected chi connectivity index (χ4v) is 3.48. The van der Waals surface area contributed by atoms with Gasteiger partial charge in [-0.1, -0.05) is 64.8 Å². The van der Waals surface area contributed by atoms with E-state index < -0.39 is 11.4 Å². The van der Waals surface area contributed by atoms with Gasteiger partial charge in [-0.25, -0.2) is 0 Å². The zero-order valence-corrected chi connectivity index (χ0v) is 13.1. The number of carboxylic acids is 1. The van der Waals surface area contributed by atoms with Crippen LogP contribution in [0, 0.1) is 5.92 Å². The molecule has 20 heavy (non-hydrogen) atoms. The van der Waals surface area contributed by atoms with Gasteiger partial charge in [-0.2, -0.15) is 0 Å². The largest absolute Gasteiger partial charge is 0.481 e. The zero-order valence-electron chi connectivity index (χ0n) is 13.1. The van der Waals surface area contributed by atoms with Gasteiger partial charge in [0.05, 0.1) is 5.41 Å². The number of aliphatic carboxylic acids is 1. The average molecular weight is 274 g/mol. The highest BCUT2D eigenvalue weighted by Crippen LogP contribution is 2.44. The SMILES string of the molecule is C[C@H]1CCCC[C@@]1(C(=O)O)c1cccc(C(C)(C)C)c1. The molecule has 0 aromatic heterocycles. The van der Waals surface area contributed by atoms with Crippen molar-refractivity contribution in [3.63, 3.8) is 0 Å². The smallest absolute Gasteiger partial charge is 0.314 e. The Bertz CT molecular complexity index is 498. The summed E-state index contributed by atoms with van der Waals surface area (Å²) in [6, 6.07) is 8.25. The fourth-order valence-electron chi connectivity index (χ4n) is 3.48. The summed E-state index contributed by atoms with van der Waals surface area (Å²) in [5, 5.41) is 9.91. The molecule has 1 fully saturated rings. The van der Waals surface area contributed by atoms with Gasteiger partial charge in [0.2, 0.25) is 0 Å². The number of hydrogen-bond acceptors (Lipinski definition) is 1. The standard InChI is InChI=1S/C18H26O2/c1-13-8-5-6-11-18(13,16(19)20)15-10-7-9-14(12-15)17(2,3)4/h7,9-10,12-13H,5-6,8,11H2,1-4H3,(H,19,20)/t13-,18-/m0/s1. The van der Waals surface area contributed by atoms with Crippen molar-refractivity contribution in [2.45, 2.75) is 64.2 Å². The van der Waals surface area contributed by atoms with Gasteiger partial charge in [0, 0.05) is 0 Å². The molecule has 1 aromatic carbocycles. The first-order chi connectivity index (χ1) is 9.28. The first-order valence-electron chi connectivity index (χ1n) is 7.63. The predicted molar refractivity (Wildman–Crippen MR) is 82.1 cm³/mol. The summed E-state index contributed by atoms with van der Waals surface area (Å²) in [5.74, 6) is -0.459. The molecular formula is C18H26O2. The van der Waals surface area contributed by atoms with Crippen LogP contribution < -0.4 is 0 Å². The molecule has 1 saturated carbocycles. The molecule has 0 aliphatic heterocycles. The van der Waals surface area contributed by atoms with Crippen molar-refractivity contribution in [3.05, 3.63) is 35.4 Å². The fraction of sp³-hybridized carbons (Fsp3) is 0.611. The summed E-state index contributed by atoms with van der Waals surface area (Å²) in [4.78, 5) is 12.0. The molecule has 2 nitrogen and oxygen atoms in total. The van der Waals surface area contributed by atoms with E-state index in [2.05, 4.69) is 39.8 Å². The molecule has 1 aliphatic carbocycles. The second-order valence-electron chi connectivity index (χ2n) is 7.25. The van der Waals surface area contributed by atoms with Gasteiger partial charge in [0.25, 0.3) is 0 Å². The van der Waals surface area contributed by atoms with E-state index in [0.717, 1.165) is 31.2 Å². The van der Waals surface area contributed by atoms with E-state index in [1.165, 1.54) is 5.56 Å². The van der Waals surface area contributed by atoms with E-state index in [0.29, 0.717) is 0 Å². The molecule has 2 heteroatoms. The lowest BCUT2D eigenvalue weighted by molar-refractivity contribution is -0.147. The van der Waals surface area contributed by atoms with Crippen molar-refractivity contribution < 1.29 is 9.90 Å². The Labute approximate surface area is 122 Å². The third-order valence-electron chi connectivity index (χ3n) is 4.92. The molecule has 0 amide bonds. The summed E-state index contributed by atoms with van der Waals surface area (Å²) in [6.45, 7) is 8.61. The van der Waals surface area contributed by atoms with E-state index in [9.17, 15) is 9.90 Å². The van der Waals surface area contributed by atoms with Crippen LogP contribution >= 0.6 is 0 Å². The van der Waals surface area contributed by atoms with E-state index in [1.54, 1.807) is 0 Å². The number of carboxylic acid groups (broad SMARTS) is 1. The van der Waals surface area contributed by atoms with Crippen molar-refractivity contribution in [2.24, 2.45) is 5.92 Å². The van der Waals surface area contributed by atoms with Crippen molar-refractivity contribution in [1.82, 2.24) is 0 Å². The van der Waals surface area contributed by atoms with Crippen LogP contribution in [-0.4, -0.2) is 11.1 Å². The van der Waals surface area contributed by atoms with E-state index in [1.807, 2.05) is 12.1 Å². The molecule has 0 saturated heterocycles. The van der Waals surface area contributed by atoms with Gasteiger partial charge in [0.15, 0.2) is 0 Å². The second kappa shape index (κ2) is 5.23. The molecule has 2 rings (SSSR count). The maximum Gasteiger partial charge on any atom is 0.314 e. The Morgan fingerprint density at radius 2 is 2.00 bits per heavy atom. The summed E-state index contributed by atoms with van der Waals surface area (Å²) in [6.07, 6.45) is 3.93. The maximum absolute atomic E-state index is 12.0. The van der Waals surface area contributed by atoms with Crippen LogP contribution in [0.1, 0.15) is 64.5 Å². The Morgan fingerprint density at radius 1 is 1.30 bits per heavy atom. The molecule has 0 spiro atoms. The van der Waals surface area contributed by atoms with Crippen molar-refractivity contribution in [1.29, 1.82) is 0 Å². The van der Waals surface area contributed by atoms with Crippen LogP contribution in [0.3, 0.4) is 0 Å². The van der Waals surface area contributed by atoms with Crippen molar-refractivity contribution in [3.8, 4) is 0 Å². The molecule has 0 heterocycles. The molecule has 0 bridgehead atoms. The lowest BCUT2D eigenvalue weighted by atomic mass is 9.62. The Balaban J connectivity index is 2.53. The van der Waals surface area contributed by atoms with Gasteiger partial charge in [-0.3, -0.25) is 4.79 Å². The second-order valence-corrected chi connectivity index (χ2v) is 7.25.